The van der Waals surface area contributed by atoms with Gasteiger partial charge in [0.05, 0.1) is 6.20 Å². The molecule has 0 unspecified atom stereocenters. The molecule has 1 amide bonds. The fraction of sp³-hybridized carbons (Fsp3) is 0.100. The predicted octanol–water partition coefficient (Wildman–Crippen LogP) is 0.935. The zero-order valence-corrected chi connectivity index (χ0v) is 8.30. The Morgan fingerprint density at radius 1 is 1.56 bits per heavy atom. The zero-order chi connectivity index (χ0) is 11.5. The van der Waals surface area contributed by atoms with E-state index in [0.717, 1.165) is 4.68 Å². The summed E-state index contributed by atoms with van der Waals surface area (Å²) in [6.45, 7) is 0. The lowest BCUT2D eigenvalue weighted by Gasteiger charge is -1.98. The molecular weight excluding hydrogens is 211 g/mol. The van der Waals surface area contributed by atoms with Crippen LogP contribution in [0.25, 0.3) is 0 Å². The van der Waals surface area contributed by atoms with Gasteiger partial charge in [0.2, 0.25) is 5.95 Å². The molecule has 2 aromatic rings. The van der Waals surface area contributed by atoms with E-state index in [-0.39, 0.29) is 0 Å². The van der Waals surface area contributed by atoms with Crippen LogP contribution in [0.4, 0.5) is 9.18 Å². The fourth-order valence-electron chi connectivity index (χ4n) is 1.34. The van der Waals surface area contributed by atoms with Crippen LogP contribution in [0, 0.1) is 5.95 Å². The molecule has 0 bridgehead atoms. The van der Waals surface area contributed by atoms with Crippen molar-refractivity contribution >= 4 is 6.03 Å². The van der Waals surface area contributed by atoms with Crippen molar-refractivity contribution in [3.05, 3.63) is 47.8 Å². The monoisotopic (exact) mass is 220 g/mol. The van der Waals surface area contributed by atoms with Crippen LogP contribution in [0.3, 0.4) is 0 Å². The highest BCUT2D eigenvalue weighted by Crippen LogP contribution is 2.10. The van der Waals surface area contributed by atoms with Gasteiger partial charge in [-0.1, -0.05) is 6.07 Å². The summed E-state index contributed by atoms with van der Waals surface area (Å²) in [5, 5.41) is 3.74. The standard InChI is InChI=1S/C10H9FN4O/c11-9-8(2-1-3-13-9)4-7-5-14-15(6-7)10(12)16/h1-3,5-6H,4H2,(H2,12,16). The second kappa shape index (κ2) is 4.09. The zero-order valence-electron chi connectivity index (χ0n) is 8.30. The van der Waals surface area contributed by atoms with Crippen molar-refractivity contribution in [3.8, 4) is 0 Å². The Hall–Kier alpha value is -2.24. The summed E-state index contributed by atoms with van der Waals surface area (Å²) in [5.41, 5.74) is 6.18. The van der Waals surface area contributed by atoms with Gasteiger partial charge in [-0.3, -0.25) is 0 Å². The van der Waals surface area contributed by atoms with Crippen molar-refractivity contribution in [3.63, 3.8) is 0 Å². The molecule has 2 heterocycles. The van der Waals surface area contributed by atoms with Gasteiger partial charge in [0.1, 0.15) is 0 Å². The highest BCUT2D eigenvalue weighted by atomic mass is 19.1. The van der Waals surface area contributed by atoms with Crippen LogP contribution in [0.2, 0.25) is 0 Å². The molecule has 0 atom stereocenters. The summed E-state index contributed by atoms with van der Waals surface area (Å²) >= 11 is 0. The number of hydrogen-bond donors (Lipinski definition) is 1. The Morgan fingerprint density at radius 2 is 2.38 bits per heavy atom. The number of nitrogens with two attached hydrogens (primary N) is 1. The number of halogens is 1. The number of primary amides is 1. The van der Waals surface area contributed by atoms with E-state index in [0.29, 0.717) is 17.5 Å². The minimum atomic E-state index is -0.669. The maximum atomic E-state index is 13.2. The average molecular weight is 220 g/mol. The smallest absolute Gasteiger partial charge is 0.339 e. The molecule has 2 N–H and O–H groups in total. The van der Waals surface area contributed by atoms with E-state index >= 15 is 0 Å². The average Bonchev–Trinajstić information content (AvgIpc) is 2.70. The Bertz CT molecular complexity index is 523. The number of carbonyl (C=O) groups excluding carboxylic acids is 1. The number of aromatic nitrogens is 3. The number of hydrogen-bond acceptors (Lipinski definition) is 3. The van der Waals surface area contributed by atoms with E-state index in [4.69, 9.17) is 5.73 Å². The van der Waals surface area contributed by atoms with Gasteiger partial charge in [0, 0.05) is 24.4 Å². The molecule has 0 spiro atoms. The Morgan fingerprint density at radius 3 is 3.00 bits per heavy atom. The predicted molar refractivity (Wildman–Crippen MR) is 54.2 cm³/mol. The maximum absolute atomic E-state index is 13.2. The third-order valence-electron chi connectivity index (χ3n) is 2.09. The van der Waals surface area contributed by atoms with E-state index < -0.39 is 12.0 Å². The number of pyridine rings is 1. The van der Waals surface area contributed by atoms with Gasteiger partial charge >= 0.3 is 6.03 Å². The molecule has 0 fully saturated rings. The molecule has 0 aliphatic carbocycles. The first-order valence-electron chi connectivity index (χ1n) is 4.59. The van der Waals surface area contributed by atoms with Crippen LogP contribution in [0.1, 0.15) is 11.1 Å². The van der Waals surface area contributed by atoms with Gasteiger partial charge in [0.15, 0.2) is 0 Å². The SMILES string of the molecule is NC(=O)n1cc(Cc2cccnc2F)cn1. The van der Waals surface area contributed by atoms with Gasteiger partial charge in [0.25, 0.3) is 0 Å². The molecule has 0 aliphatic rings. The number of rotatable bonds is 2. The van der Waals surface area contributed by atoms with Crippen LogP contribution >= 0.6 is 0 Å². The van der Waals surface area contributed by atoms with Crippen LogP contribution < -0.4 is 5.73 Å². The maximum Gasteiger partial charge on any atom is 0.339 e. The molecule has 5 nitrogen and oxygen atoms in total. The van der Waals surface area contributed by atoms with Gasteiger partial charge in [-0.15, -0.1) is 0 Å². The largest absolute Gasteiger partial charge is 0.350 e. The lowest BCUT2D eigenvalue weighted by Crippen LogP contribution is -2.19. The second-order valence-electron chi connectivity index (χ2n) is 3.26. The molecule has 0 saturated heterocycles. The Labute approximate surface area is 90.7 Å². The van der Waals surface area contributed by atoms with Crippen molar-refractivity contribution in [1.29, 1.82) is 0 Å². The topological polar surface area (TPSA) is 73.8 Å². The Kier molecular flexibility index (Phi) is 2.63. The highest BCUT2D eigenvalue weighted by Gasteiger charge is 2.07. The molecule has 0 radical (unpaired) electrons. The van der Waals surface area contributed by atoms with Gasteiger partial charge in [-0.05, 0) is 11.6 Å². The first kappa shape index (κ1) is 10.3. The summed E-state index contributed by atoms with van der Waals surface area (Å²) in [5.74, 6) is -0.519. The van der Waals surface area contributed by atoms with Gasteiger partial charge < -0.3 is 5.73 Å². The molecule has 0 aromatic carbocycles. The highest BCUT2D eigenvalue weighted by molar-refractivity contribution is 5.73. The minimum absolute atomic E-state index is 0.326. The van der Waals surface area contributed by atoms with Crippen LogP contribution in [0.5, 0.6) is 0 Å². The normalized spacial score (nSPS) is 10.3. The van der Waals surface area contributed by atoms with Gasteiger partial charge in [-0.25, -0.2) is 9.78 Å². The molecule has 82 valence electrons. The van der Waals surface area contributed by atoms with Crippen LogP contribution in [0.15, 0.2) is 30.7 Å². The summed E-state index contributed by atoms with van der Waals surface area (Å²) in [7, 11) is 0. The molecule has 6 heteroatoms. The van der Waals surface area contributed by atoms with Crippen molar-refractivity contribution in [2.45, 2.75) is 6.42 Å². The third kappa shape index (κ3) is 2.05. The first-order chi connectivity index (χ1) is 7.66. The van der Waals surface area contributed by atoms with Crippen molar-refractivity contribution in [2.75, 3.05) is 0 Å². The lowest BCUT2D eigenvalue weighted by molar-refractivity contribution is 0.247. The molecule has 2 aromatic heterocycles. The summed E-state index contributed by atoms with van der Waals surface area (Å²) in [6.07, 6.45) is 4.64. The summed E-state index contributed by atoms with van der Waals surface area (Å²) in [6, 6.07) is 2.61. The minimum Gasteiger partial charge on any atom is -0.350 e. The molecule has 0 aliphatic heterocycles. The Balaban J connectivity index is 2.21. The van der Waals surface area contributed by atoms with E-state index in [9.17, 15) is 9.18 Å². The van der Waals surface area contributed by atoms with Crippen LogP contribution in [-0.4, -0.2) is 20.8 Å². The van der Waals surface area contributed by atoms with Crippen LogP contribution in [-0.2, 0) is 6.42 Å². The third-order valence-corrected chi connectivity index (χ3v) is 2.09. The van der Waals surface area contributed by atoms with Crippen molar-refractivity contribution in [1.82, 2.24) is 14.8 Å². The number of nitrogens with zero attached hydrogens (tertiary/aromatic N) is 3. The molecule has 0 saturated carbocycles. The lowest BCUT2D eigenvalue weighted by atomic mass is 10.1. The quantitative estimate of drug-likeness (QED) is 0.765. The van der Waals surface area contributed by atoms with E-state index in [1.165, 1.54) is 18.6 Å². The van der Waals surface area contributed by atoms with Crippen molar-refractivity contribution in [2.24, 2.45) is 5.73 Å². The van der Waals surface area contributed by atoms with Gasteiger partial charge in [-0.2, -0.15) is 14.2 Å². The fourth-order valence-corrected chi connectivity index (χ4v) is 1.34. The second-order valence-corrected chi connectivity index (χ2v) is 3.26. The van der Waals surface area contributed by atoms with E-state index in [1.807, 2.05) is 0 Å². The molecule has 16 heavy (non-hydrogen) atoms. The number of amides is 1. The first-order valence-corrected chi connectivity index (χ1v) is 4.59. The van der Waals surface area contributed by atoms with Crippen molar-refractivity contribution < 1.29 is 9.18 Å². The molecule has 2 rings (SSSR count). The van der Waals surface area contributed by atoms with E-state index in [2.05, 4.69) is 10.1 Å². The summed E-state index contributed by atoms with van der Waals surface area (Å²) in [4.78, 5) is 14.3. The summed E-state index contributed by atoms with van der Waals surface area (Å²) < 4.78 is 14.2. The molecular formula is C10H9FN4O. The number of carbonyl (C=O) groups is 1. The van der Waals surface area contributed by atoms with E-state index in [1.54, 1.807) is 12.1 Å².